The van der Waals surface area contributed by atoms with Crippen LogP contribution in [0.25, 0.3) is 0 Å². The maximum Gasteiger partial charge on any atom is 0.348 e. The lowest BCUT2D eigenvalue weighted by Crippen LogP contribution is -2.07. The minimum Gasteiger partial charge on any atom is -0.360 e. The van der Waals surface area contributed by atoms with E-state index in [0.717, 1.165) is 17.7 Å². The molecule has 0 atom stereocenters. The highest BCUT2D eigenvalue weighted by Gasteiger charge is 2.23. The van der Waals surface area contributed by atoms with Crippen molar-refractivity contribution in [2.24, 2.45) is 0 Å². The smallest absolute Gasteiger partial charge is 0.348 e. The van der Waals surface area contributed by atoms with E-state index in [0.29, 0.717) is 15.2 Å². The van der Waals surface area contributed by atoms with E-state index in [2.05, 4.69) is 15.3 Å². The first-order valence-electron chi connectivity index (χ1n) is 6.95. The maximum atomic E-state index is 11.2. The van der Waals surface area contributed by atoms with Gasteiger partial charge < -0.3 is 5.32 Å². The molecule has 0 fully saturated rings. The van der Waals surface area contributed by atoms with Gasteiger partial charge in [0.2, 0.25) is 11.0 Å². The number of nitro groups is 1. The SMILES string of the molecule is CCCSc1nc(Cl)c([N+](=O)[O-])c(NCc2ccc(Cl)c(Cl)c2)n1. The molecule has 0 radical (unpaired) electrons. The first kappa shape index (κ1) is 19.1. The number of anilines is 1. The Hall–Kier alpha value is -1.28. The van der Waals surface area contributed by atoms with Gasteiger partial charge >= 0.3 is 5.69 Å². The third kappa shape index (κ3) is 4.86. The fraction of sp³-hybridized carbons (Fsp3) is 0.286. The van der Waals surface area contributed by atoms with Gasteiger partial charge in [-0.2, -0.15) is 4.98 Å². The lowest BCUT2D eigenvalue weighted by Gasteiger charge is -2.09. The second kappa shape index (κ2) is 8.71. The molecule has 0 amide bonds. The zero-order valence-electron chi connectivity index (χ0n) is 12.6. The number of halogens is 3. The molecule has 1 N–H and O–H groups in total. The van der Waals surface area contributed by atoms with Crippen LogP contribution >= 0.6 is 46.6 Å². The average Bonchev–Trinajstić information content (AvgIpc) is 2.53. The molecule has 0 saturated heterocycles. The molecule has 1 aromatic carbocycles. The number of aromatic nitrogens is 2. The lowest BCUT2D eigenvalue weighted by atomic mass is 10.2. The zero-order chi connectivity index (χ0) is 17.7. The van der Waals surface area contributed by atoms with E-state index in [1.165, 1.54) is 11.8 Å². The number of benzene rings is 1. The molecule has 0 aliphatic carbocycles. The van der Waals surface area contributed by atoms with Gasteiger partial charge in [0.15, 0.2) is 5.16 Å². The maximum absolute atomic E-state index is 11.2. The number of nitrogens with zero attached hydrogens (tertiary/aromatic N) is 3. The Labute approximate surface area is 158 Å². The fourth-order valence-corrected chi connectivity index (χ4v) is 3.09. The summed E-state index contributed by atoms with van der Waals surface area (Å²) in [7, 11) is 0. The molecule has 0 saturated carbocycles. The van der Waals surface area contributed by atoms with Gasteiger partial charge in [0, 0.05) is 12.3 Å². The van der Waals surface area contributed by atoms with Crippen LogP contribution in [0.5, 0.6) is 0 Å². The van der Waals surface area contributed by atoms with Crippen LogP contribution in [0.15, 0.2) is 23.4 Å². The van der Waals surface area contributed by atoms with Gasteiger partial charge in [0.1, 0.15) is 0 Å². The second-order valence-corrected chi connectivity index (χ2v) is 6.94. The Kier molecular flexibility index (Phi) is 6.91. The van der Waals surface area contributed by atoms with Crippen molar-refractivity contribution in [2.45, 2.75) is 25.0 Å². The summed E-state index contributed by atoms with van der Waals surface area (Å²) in [6, 6.07) is 5.10. The summed E-state index contributed by atoms with van der Waals surface area (Å²) in [5.41, 5.74) is 0.453. The third-order valence-electron chi connectivity index (χ3n) is 2.88. The third-order valence-corrected chi connectivity index (χ3v) is 4.94. The highest BCUT2D eigenvalue weighted by atomic mass is 35.5. The van der Waals surface area contributed by atoms with E-state index in [4.69, 9.17) is 34.8 Å². The van der Waals surface area contributed by atoms with Crippen LogP contribution in [0, 0.1) is 10.1 Å². The Morgan fingerprint density at radius 3 is 2.62 bits per heavy atom. The van der Waals surface area contributed by atoms with E-state index in [1.54, 1.807) is 18.2 Å². The molecule has 6 nitrogen and oxygen atoms in total. The molecule has 0 unspecified atom stereocenters. The Bertz CT molecular complexity index is 761. The van der Waals surface area contributed by atoms with Gasteiger partial charge in [-0.05, 0) is 24.1 Å². The van der Waals surface area contributed by atoms with Gasteiger partial charge in [0.25, 0.3) is 0 Å². The predicted molar refractivity (Wildman–Crippen MR) is 98.5 cm³/mol. The van der Waals surface area contributed by atoms with Crippen LogP contribution < -0.4 is 5.32 Å². The number of rotatable bonds is 7. The van der Waals surface area contributed by atoms with Gasteiger partial charge in [0.05, 0.1) is 15.0 Å². The molecule has 0 aliphatic heterocycles. The van der Waals surface area contributed by atoms with Crippen molar-refractivity contribution in [3.05, 3.63) is 49.1 Å². The Balaban J connectivity index is 2.27. The van der Waals surface area contributed by atoms with E-state index < -0.39 is 4.92 Å². The molecular formula is C14H13Cl3N4O2S. The standard InChI is InChI=1S/C14H13Cl3N4O2S/c1-2-5-24-14-19-12(17)11(21(22)23)13(20-14)18-7-8-3-4-9(15)10(16)6-8/h3-4,6H,2,5,7H2,1H3,(H,18,19,20). The van der Waals surface area contributed by atoms with Crippen LogP contribution in [0.2, 0.25) is 15.2 Å². The molecule has 128 valence electrons. The summed E-state index contributed by atoms with van der Waals surface area (Å²) in [6.07, 6.45) is 0.925. The zero-order valence-corrected chi connectivity index (χ0v) is 15.6. The fourth-order valence-electron chi connectivity index (χ4n) is 1.79. The first-order valence-corrected chi connectivity index (χ1v) is 9.06. The van der Waals surface area contributed by atoms with Crippen molar-refractivity contribution in [2.75, 3.05) is 11.1 Å². The van der Waals surface area contributed by atoms with E-state index in [-0.39, 0.29) is 23.2 Å². The summed E-state index contributed by atoms with van der Waals surface area (Å²) in [4.78, 5) is 18.8. The van der Waals surface area contributed by atoms with Crippen LogP contribution in [-0.2, 0) is 6.54 Å². The average molecular weight is 408 g/mol. The topological polar surface area (TPSA) is 81.0 Å². The number of thioether (sulfide) groups is 1. The van der Waals surface area contributed by atoms with Gasteiger partial charge in [-0.25, -0.2) is 4.98 Å². The second-order valence-electron chi connectivity index (χ2n) is 4.70. The predicted octanol–water partition coefficient (Wildman–Crippen LogP) is 5.46. The van der Waals surface area contributed by atoms with E-state index in [1.807, 2.05) is 6.92 Å². The molecule has 1 aromatic heterocycles. The first-order chi connectivity index (χ1) is 11.4. The van der Waals surface area contributed by atoms with Gasteiger partial charge in [-0.3, -0.25) is 10.1 Å². The van der Waals surface area contributed by atoms with Crippen molar-refractivity contribution < 1.29 is 4.92 Å². The highest BCUT2D eigenvalue weighted by Crippen LogP contribution is 2.32. The number of hydrogen-bond acceptors (Lipinski definition) is 6. The summed E-state index contributed by atoms with van der Waals surface area (Å²) in [5.74, 6) is 0.866. The lowest BCUT2D eigenvalue weighted by molar-refractivity contribution is -0.384. The van der Waals surface area contributed by atoms with Crippen molar-refractivity contribution in [1.29, 1.82) is 0 Å². The highest BCUT2D eigenvalue weighted by molar-refractivity contribution is 7.99. The molecule has 2 aromatic rings. The minimum atomic E-state index is -0.603. The normalized spacial score (nSPS) is 10.7. The minimum absolute atomic E-state index is 0.0738. The van der Waals surface area contributed by atoms with Crippen LogP contribution in [0.4, 0.5) is 11.5 Å². The molecular weight excluding hydrogens is 395 g/mol. The molecule has 0 spiro atoms. The monoisotopic (exact) mass is 406 g/mol. The molecule has 24 heavy (non-hydrogen) atoms. The quantitative estimate of drug-likeness (QED) is 0.216. The van der Waals surface area contributed by atoms with E-state index in [9.17, 15) is 10.1 Å². The van der Waals surface area contributed by atoms with Gasteiger partial charge in [-0.15, -0.1) is 0 Å². The van der Waals surface area contributed by atoms with Crippen molar-refractivity contribution in [3.8, 4) is 0 Å². The molecule has 0 aliphatic rings. The summed E-state index contributed by atoms with van der Waals surface area (Å²) >= 11 is 19.2. The largest absolute Gasteiger partial charge is 0.360 e. The molecule has 2 rings (SSSR count). The summed E-state index contributed by atoms with van der Waals surface area (Å²) in [5, 5.41) is 15.2. The number of nitrogens with one attached hydrogen (secondary N) is 1. The van der Waals surface area contributed by atoms with Gasteiger partial charge in [-0.1, -0.05) is 59.6 Å². The Morgan fingerprint density at radius 2 is 2.00 bits per heavy atom. The molecule has 1 heterocycles. The molecule has 10 heteroatoms. The van der Waals surface area contributed by atoms with Crippen molar-refractivity contribution in [3.63, 3.8) is 0 Å². The summed E-state index contributed by atoms with van der Waals surface area (Å²) in [6.45, 7) is 2.30. The van der Waals surface area contributed by atoms with Crippen LogP contribution in [-0.4, -0.2) is 20.6 Å². The Morgan fingerprint density at radius 1 is 1.25 bits per heavy atom. The van der Waals surface area contributed by atoms with Crippen LogP contribution in [0.3, 0.4) is 0 Å². The summed E-state index contributed by atoms with van der Waals surface area (Å²) < 4.78 is 0. The van der Waals surface area contributed by atoms with Crippen molar-refractivity contribution >= 4 is 58.1 Å². The molecule has 0 bridgehead atoms. The van der Waals surface area contributed by atoms with Crippen molar-refractivity contribution in [1.82, 2.24) is 9.97 Å². The van der Waals surface area contributed by atoms with Crippen LogP contribution in [0.1, 0.15) is 18.9 Å². The number of hydrogen-bond donors (Lipinski definition) is 1. The van der Waals surface area contributed by atoms with E-state index >= 15 is 0 Å².